The van der Waals surface area contributed by atoms with Gasteiger partial charge in [0.25, 0.3) is 0 Å². The van der Waals surface area contributed by atoms with Gasteiger partial charge in [0.05, 0.1) is 19.6 Å². The molecule has 0 radical (unpaired) electrons. The van der Waals surface area contributed by atoms with Gasteiger partial charge >= 0.3 is 5.97 Å². The molecule has 1 aromatic rings. The van der Waals surface area contributed by atoms with Crippen LogP contribution in [0.5, 0.6) is 11.5 Å². The molecular formula is C24H40N4O4. The number of guanidine groups is 1. The first-order chi connectivity index (χ1) is 15.6. The van der Waals surface area contributed by atoms with Crippen molar-refractivity contribution < 1.29 is 19.0 Å². The molecule has 0 saturated carbocycles. The molecule has 0 atom stereocenters. The molecule has 2 rings (SSSR count). The molecule has 1 fully saturated rings. The van der Waals surface area contributed by atoms with E-state index in [1.54, 1.807) is 14.2 Å². The molecular weight excluding hydrogens is 408 g/mol. The maximum atomic E-state index is 12.0. The zero-order valence-electron chi connectivity index (χ0n) is 20.4. The molecule has 8 nitrogen and oxygen atoms in total. The summed E-state index contributed by atoms with van der Waals surface area (Å²) in [4.78, 5) is 20.9. The van der Waals surface area contributed by atoms with Gasteiger partial charge in [-0.25, -0.2) is 0 Å². The topological polar surface area (TPSA) is 75.6 Å². The van der Waals surface area contributed by atoms with Crippen LogP contribution in [0.2, 0.25) is 0 Å². The Labute approximate surface area is 192 Å². The van der Waals surface area contributed by atoms with E-state index >= 15 is 0 Å². The minimum Gasteiger partial charge on any atom is -0.493 e. The number of hydrogen-bond donors (Lipinski definition) is 1. The number of carbonyl (C=O) groups excluding carboxylic acids is 1. The van der Waals surface area contributed by atoms with E-state index < -0.39 is 0 Å². The number of rotatable bonds is 11. The van der Waals surface area contributed by atoms with E-state index in [0.29, 0.717) is 19.8 Å². The highest BCUT2D eigenvalue weighted by molar-refractivity contribution is 5.80. The van der Waals surface area contributed by atoms with Crippen LogP contribution in [-0.4, -0.2) is 81.8 Å². The molecule has 1 aliphatic heterocycles. The molecule has 1 aliphatic rings. The number of methoxy groups -OCH3 is 1. The lowest BCUT2D eigenvalue weighted by atomic mass is 9.97. The minimum atomic E-state index is -0.0819. The maximum Gasteiger partial charge on any atom is 0.309 e. The standard InChI is InChI=1S/C24H40N4O4/c1-6-27(7-2)15-16-32-21-10-9-19(17-22(21)30-5)18-26-24(25-4)28-13-11-20(12-14-28)23(29)31-8-3/h9-10,17,20H,6-8,11-16,18H2,1-5H3,(H,25,26). The third-order valence-electron chi connectivity index (χ3n) is 5.86. The number of likely N-dealkylation sites (tertiary alicyclic amines) is 1. The lowest BCUT2D eigenvalue weighted by Crippen LogP contribution is -2.46. The van der Waals surface area contributed by atoms with Crippen LogP contribution in [0.3, 0.4) is 0 Å². The number of piperidine rings is 1. The molecule has 32 heavy (non-hydrogen) atoms. The molecule has 1 saturated heterocycles. The van der Waals surface area contributed by atoms with Crippen LogP contribution >= 0.6 is 0 Å². The third kappa shape index (κ3) is 7.58. The summed E-state index contributed by atoms with van der Waals surface area (Å²) in [5, 5.41) is 3.43. The molecule has 1 heterocycles. The van der Waals surface area contributed by atoms with E-state index in [1.165, 1.54) is 0 Å². The Balaban J connectivity index is 1.87. The second-order valence-corrected chi connectivity index (χ2v) is 7.77. The maximum absolute atomic E-state index is 12.0. The normalized spacial score (nSPS) is 15.1. The highest BCUT2D eigenvalue weighted by Crippen LogP contribution is 2.28. The lowest BCUT2D eigenvalue weighted by molar-refractivity contribution is -0.149. The fourth-order valence-corrected chi connectivity index (χ4v) is 3.87. The van der Waals surface area contributed by atoms with Crippen LogP contribution in [0.15, 0.2) is 23.2 Å². The number of esters is 1. The van der Waals surface area contributed by atoms with E-state index in [0.717, 1.165) is 68.6 Å². The van der Waals surface area contributed by atoms with Gasteiger partial charge in [-0.1, -0.05) is 19.9 Å². The Hall–Kier alpha value is -2.48. The Morgan fingerprint density at radius 3 is 2.50 bits per heavy atom. The predicted octanol–water partition coefficient (Wildman–Crippen LogP) is 2.77. The summed E-state index contributed by atoms with van der Waals surface area (Å²) in [5.41, 5.74) is 1.08. The van der Waals surface area contributed by atoms with Crippen molar-refractivity contribution in [3.63, 3.8) is 0 Å². The number of aliphatic imine (C=N–C) groups is 1. The van der Waals surface area contributed by atoms with E-state index in [1.807, 2.05) is 25.1 Å². The van der Waals surface area contributed by atoms with Crippen molar-refractivity contribution in [1.82, 2.24) is 15.1 Å². The fourth-order valence-electron chi connectivity index (χ4n) is 3.87. The third-order valence-corrected chi connectivity index (χ3v) is 5.86. The molecule has 0 amide bonds. The van der Waals surface area contributed by atoms with Crippen molar-refractivity contribution in [3.8, 4) is 11.5 Å². The lowest BCUT2D eigenvalue weighted by Gasteiger charge is -2.33. The second-order valence-electron chi connectivity index (χ2n) is 7.77. The minimum absolute atomic E-state index is 0.0113. The first-order valence-corrected chi connectivity index (χ1v) is 11.7. The monoisotopic (exact) mass is 448 g/mol. The number of nitrogens with zero attached hydrogens (tertiary/aromatic N) is 3. The van der Waals surface area contributed by atoms with Crippen molar-refractivity contribution >= 4 is 11.9 Å². The predicted molar refractivity (Wildman–Crippen MR) is 127 cm³/mol. The molecule has 0 bridgehead atoms. The van der Waals surface area contributed by atoms with Crippen LogP contribution in [0.1, 0.15) is 39.2 Å². The van der Waals surface area contributed by atoms with E-state index in [9.17, 15) is 4.79 Å². The Morgan fingerprint density at radius 2 is 1.91 bits per heavy atom. The van der Waals surface area contributed by atoms with E-state index in [2.05, 4.69) is 34.0 Å². The highest BCUT2D eigenvalue weighted by atomic mass is 16.5. The Bertz CT molecular complexity index is 729. The summed E-state index contributed by atoms with van der Waals surface area (Å²) in [5.74, 6) is 2.23. The largest absolute Gasteiger partial charge is 0.493 e. The van der Waals surface area contributed by atoms with Crippen molar-refractivity contribution in [2.24, 2.45) is 10.9 Å². The van der Waals surface area contributed by atoms with Gasteiger partial charge in [-0.2, -0.15) is 0 Å². The number of hydrogen-bond acceptors (Lipinski definition) is 6. The van der Waals surface area contributed by atoms with Gasteiger partial charge in [-0.05, 0) is 50.6 Å². The smallest absolute Gasteiger partial charge is 0.309 e. The molecule has 1 N–H and O–H groups in total. The van der Waals surface area contributed by atoms with Crippen molar-refractivity contribution in [1.29, 1.82) is 0 Å². The van der Waals surface area contributed by atoms with Crippen LogP contribution < -0.4 is 14.8 Å². The summed E-state index contributed by atoms with van der Waals surface area (Å²) in [7, 11) is 3.45. The van der Waals surface area contributed by atoms with Crippen molar-refractivity contribution in [3.05, 3.63) is 23.8 Å². The van der Waals surface area contributed by atoms with Crippen molar-refractivity contribution in [2.45, 2.75) is 40.2 Å². The molecule has 0 aromatic heterocycles. The molecule has 8 heteroatoms. The van der Waals surface area contributed by atoms with Gasteiger partial charge < -0.3 is 29.3 Å². The number of likely N-dealkylation sites (N-methyl/N-ethyl adjacent to an activating group) is 1. The van der Waals surface area contributed by atoms with E-state index in [-0.39, 0.29) is 11.9 Å². The van der Waals surface area contributed by atoms with Gasteiger partial charge in [-0.3, -0.25) is 9.79 Å². The second kappa shape index (κ2) is 13.8. The van der Waals surface area contributed by atoms with E-state index in [4.69, 9.17) is 14.2 Å². The average molecular weight is 449 g/mol. The van der Waals surface area contributed by atoms with Gasteiger partial charge in [-0.15, -0.1) is 0 Å². The zero-order chi connectivity index (χ0) is 23.3. The fraction of sp³-hybridized carbons (Fsp3) is 0.667. The molecule has 0 spiro atoms. The van der Waals surface area contributed by atoms with Gasteiger partial charge in [0.1, 0.15) is 6.61 Å². The summed E-state index contributed by atoms with van der Waals surface area (Å²) in [6.45, 7) is 12.3. The van der Waals surface area contributed by atoms with Crippen LogP contribution in [-0.2, 0) is 16.1 Å². The van der Waals surface area contributed by atoms with Crippen molar-refractivity contribution in [2.75, 3.05) is 60.1 Å². The summed E-state index contributed by atoms with van der Waals surface area (Å²) in [6.07, 6.45) is 1.57. The molecule has 0 unspecified atom stereocenters. The quantitative estimate of drug-likeness (QED) is 0.317. The molecule has 1 aromatic carbocycles. The summed E-state index contributed by atoms with van der Waals surface area (Å²) >= 11 is 0. The van der Waals surface area contributed by atoms with Gasteiger partial charge in [0.15, 0.2) is 17.5 Å². The first-order valence-electron chi connectivity index (χ1n) is 11.7. The summed E-state index contributed by atoms with van der Waals surface area (Å²) < 4.78 is 16.7. The Morgan fingerprint density at radius 1 is 1.19 bits per heavy atom. The van der Waals surface area contributed by atoms with Crippen LogP contribution in [0, 0.1) is 5.92 Å². The number of ether oxygens (including phenoxy) is 3. The number of carbonyl (C=O) groups is 1. The number of benzene rings is 1. The molecule has 0 aliphatic carbocycles. The highest BCUT2D eigenvalue weighted by Gasteiger charge is 2.27. The van der Waals surface area contributed by atoms with Gasteiger partial charge in [0.2, 0.25) is 0 Å². The van der Waals surface area contributed by atoms with Gasteiger partial charge in [0, 0.05) is 33.2 Å². The first kappa shape index (κ1) is 25.8. The SMILES string of the molecule is CCOC(=O)C1CCN(C(=NC)NCc2ccc(OCCN(CC)CC)c(OC)c2)CC1. The van der Waals surface area contributed by atoms with Crippen LogP contribution in [0.4, 0.5) is 0 Å². The molecule has 180 valence electrons. The van der Waals surface area contributed by atoms with Crippen LogP contribution in [0.25, 0.3) is 0 Å². The summed E-state index contributed by atoms with van der Waals surface area (Å²) in [6, 6.07) is 6.01. The zero-order valence-corrected chi connectivity index (χ0v) is 20.4. The number of nitrogens with one attached hydrogen (secondary N) is 1. The average Bonchev–Trinajstić information content (AvgIpc) is 2.83. The Kier molecular flexibility index (Phi) is 11.1.